The Hall–Kier alpha value is -14.3. The predicted molar refractivity (Wildman–Crippen MR) is 474 cm³/mol. The third-order valence-corrected chi connectivity index (χ3v) is 29.5. The summed E-state index contributed by atoms with van der Waals surface area (Å²) in [5.74, 6) is -1.69. The Morgan fingerprint density at radius 3 is 1.29 bits per heavy atom. The van der Waals surface area contributed by atoms with Crippen LogP contribution >= 0.6 is 45.3 Å². The molecule has 4 unspecified atom stereocenters. The second-order valence-corrected chi connectivity index (χ2v) is 36.2. The van der Waals surface area contributed by atoms with Crippen molar-refractivity contribution < 1.29 is 43.1 Å². The summed E-state index contributed by atoms with van der Waals surface area (Å²) >= 11 is 5.92. The summed E-state index contributed by atoms with van der Waals surface area (Å²) in [7, 11) is 7.99. The molecule has 9 aliphatic rings. The maximum absolute atomic E-state index is 13.4. The number of aliphatic imine (C=N–C) groups is 4. The second kappa shape index (κ2) is 35.5. The fraction of sp³-hybridized carbons (Fsp3) is 0.319. The highest BCUT2D eigenvalue weighted by atomic mass is 32.1. The number of benzene rings is 4. The number of fused-ring (bicyclic) bond motifs is 4. The first-order valence-electron chi connectivity index (χ1n) is 40.5. The lowest BCUT2D eigenvalue weighted by molar-refractivity contribution is -0.137. The molecule has 35 heteroatoms. The summed E-state index contributed by atoms with van der Waals surface area (Å²) in [4.78, 5) is 146. The number of rotatable bonds is 13. The van der Waals surface area contributed by atoms with Gasteiger partial charge in [0.2, 0.25) is 35.4 Å². The maximum Gasteiger partial charge on any atom is 0.255 e. The van der Waals surface area contributed by atoms with Crippen LogP contribution in [0.5, 0.6) is 5.75 Å². The number of hydrogen-bond donors (Lipinski definition) is 4. The number of aromatic nitrogens is 1. The number of ether oxygens (including phenoxy) is 1. The summed E-state index contributed by atoms with van der Waals surface area (Å²) in [6.07, 6.45) is 7.53. The fourth-order valence-electron chi connectivity index (χ4n) is 18.0. The minimum absolute atomic E-state index is 0.00660. The number of nitrogens with two attached hydrogens (primary N) is 4. The number of methoxy groups -OCH3 is 1. The molecule has 8 aliphatic heterocycles. The van der Waals surface area contributed by atoms with Gasteiger partial charge in [0.05, 0.1) is 109 Å². The maximum atomic E-state index is 13.4. The molecule has 18 rings (SSSR count). The van der Waals surface area contributed by atoms with Crippen LogP contribution in [0.4, 0.5) is 0 Å². The van der Waals surface area contributed by atoms with E-state index in [-0.39, 0.29) is 95.8 Å². The zero-order valence-electron chi connectivity index (χ0n) is 69.3. The van der Waals surface area contributed by atoms with Crippen LogP contribution in [-0.4, -0.2) is 203 Å². The molecule has 8 atom stereocenters. The quantitative estimate of drug-likeness (QED) is 0.0838. The lowest BCUT2D eigenvalue weighted by Crippen LogP contribution is -2.54. The van der Waals surface area contributed by atoms with Crippen molar-refractivity contribution in [1.29, 1.82) is 26.3 Å². The highest BCUT2D eigenvalue weighted by Crippen LogP contribution is 2.52. The van der Waals surface area contributed by atoms with Gasteiger partial charge in [-0.3, -0.25) is 58.0 Å². The van der Waals surface area contributed by atoms with Gasteiger partial charge in [0.1, 0.15) is 39.7 Å². The third kappa shape index (κ3) is 16.2. The molecular weight excluding hydrogens is 1670 g/mol. The van der Waals surface area contributed by atoms with E-state index in [1.54, 1.807) is 116 Å². The Balaban J connectivity index is 0.000000131. The number of nitrogens with zero attached hydrogens (tertiary/aromatic N) is 18. The van der Waals surface area contributed by atoms with E-state index in [1.165, 1.54) is 84.4 Å². The third-order valence-electron chi connectivity index (χ3n) is 24.8. The van der Waals surface area contributed by atoms with Crippen molar-refractivity contribution in [3.63, 3.8) is 0 Å². The lowest BCUT2D eigenvalue weighted by Gasteiger charge is -2.36. The summed E-state index contributed by atoms with van der Waals surface area (Å²) < 4.78 is 5.22. The van der Waals surface area contributed by atoms with Crippen molar-refractivity contribution >= 4 is 116 Å². The van der Waals surface area contributed by atoms with Crippen molar-refractivity contribution in [2.45, 2.75) is 67.1 Å². The van der Waals surface area contributed by atoms with E-state index in [2.05, 4.69) is 29.3 Å². The molecule has 8 amide bonds. The molecule has 4 aromatic carbocycles. The Morgan fingerprint density at radius 2 is 0.873 bits per heavy atom. The number of carbonyl (C=O) groups is 8. The Kier molecular flexibility index (Phi) is 24.4. The van der Waals surface area contributed by atoms with Crippen molar-refractivity contribution in [2.24, 2.45) is 72.5 Å². The Morgan fingerprint density at radius 1 is 0.452 bits per heavy atom. The molecule has 5 fully saturated rings. The van der Waals surface area contributed by atoms with Gasteiger partial charge in [0.15, 0.2) is 23.8 Å². The van der Waals surface area contributed by atoms with Gasteiger partial charge in [-0.25, -0.2) is 25.0 Å². The van der Waals surface area contributed by atoms with Gasteiger partial charge in [0, 0.05) is 108 Å². The van der Waals surface area contributed by atoms with E-state index in [1.807, 2.05) is 101 Å². The van der Waals surface area contributed by atoms with E-state index in [0.29, 0.717) is 96.8 Å². The van der Waals surface area contributed by atoms with Crippen LogP contribution in [0.2, 0.25) is 0 Å². The normalized spacial score (nSPS) is 23.4. The van der Waals surface area contributed by atoms with Crippen molar-refractivity contribution in [3.05, 3.63) is 233 Å². The smallest absolute Gasteiger partial charge is 0.255 e. The second-order valence-electron chi connectivity index (χ2n) is 32.2. The molecular formula is C91H86N22O9S4. The number of pyridine rings is 1. The van der Waals surface area contributed by atoms with Gasteiger partial charge in [-0.05, 0) is 150 Å². The number of carbonyl (C=O) groups excluding carboxylic acids is 8. The molecule has 8 N–H and O–H groups in total. The Bertz CT molecular complexity index is 6120. The molecule has 13 heterocycles. The van der Waals surface area contributed by atoms with Gasteiger partial charge in [-0.2, -0.15) is 26.3 Å². The van der Waals surface area contributed by atoms with Crippen LogP contribution in [0.3, 0.4) is 0 Å². The molecule has 31 nitrogen and oxygen atoms in total. The number of likely N-dealkylation sites (tertiary alicyclic amines) is 4. The van der Waals surface area contributed by atoms with Crippen LogP contribution in [0.25, 0.3) is 20.9 Å². The van der Waals surface area contributed by atoms with Crippen LogP contribution < -0.4 is 27.7 Å². The standard InChI is InChI=1S/C26H18N8O2S.C26H26N6O2S.C20H22N4O2S.C19H20N4O3S/c1-33-24(36)20-13-34(23(35)17-2-3-19(11-29)31-12-17)14-26(20,32-25(33)30)22-5-4-21(37-22)18-7-15(9-27)6-16(8-18)10-28;1-31-24(34)20-14-32(23(33)18-5-3-2-4-6-18)15-26(20,30-25(31)29)22-8-7-21(35-22)19-10-16(12-27)9-17(11-19)13-28;1-23-18(26)15-12-24(17(25)10-9-14-6-3-2-4-7-14)13-20(15,22-19(23)21)16-8-5-11-27-16;1-22-17(25)14-10-23(16(24)12-5-3-6-13(9-12)26-2)11-19(14,21-18(22)20)15-7-4-8-27-15/h2-8,12,20H,13-14H2,1H3,(H2,30,32);7-11,18,20H,2-6,14-15H2,1H3,(H2,29,30);2-8,11,15H,9-10,12-13H2,1H3,(H2,21,22);3-9,14H,10-11H2,1-2H3,(H2,20,21)/t2*20-,26-;;/m00../s1. The van der Waals surface area contributed by atoms with E-state index < -0.39 is 45.8 Å². The van der Waals surface area contributed by atoms with Crippen molar-refractivity contribution in [2.75, 3.05) is 87.7 Å². The number of guanidine groups is 4. The van der Waals surface area contributed by atoms with Gasteiger partial charge in [-0.1, -0.05) is 67.8 Å². The zero-order chi connectivity index (χ0) is 89.3. The number of aryl methyl sites for hydroxylation is 1. The van der Waals surface area contributed by atoms with Gasteiger partial charge >= 0.3 is 0 Å². The number of hydrogen-bond acceptors (Lipinski definition) is 27. The Labute approximate surface area is 742 Å². The van der Waals surface area contributed by atoms with Crippen LogP contribution in [-0.2, 0) is 57.3 Å². The molecule has 1 aliphatic carbocycles. The van der Waals surface area contributed by atoms with Gasteiger partial charge < -0.3 is 47.3 Å². The summed E-state index contributed by atoms with van der Waals surface area (Å²) in [5.41, 5.74) is 25.9. The summed E-state index contributed by atoms with van der Waals surface area (Å²) in [6, 6.07) is 55.6. The molecule has 126 heavy (non-hydrogen) atoms. The predicted octanol–water partition coefficient (Wildman–Crippen LogP) is 8.69. The van der Waals surface area contributed by atoms with Crippen molar-refractivity contribution in [3.8, 4) is 57.0 Å². The van der Waals surface area contributed by atoms with E-state index in [0.717, 1.165) is 66.1 Å². The molecule has 638 valence electrons. The SMILES string of the molecule is CN1C(=O)C2CN(C(=O)CCc3ccccc3)CC2(c2cccs2)N=C1N.CN1C(=O)[C@@H]2CN(C(=O)C3CCCCC3)C[C@]2(c2ccc(-c3cc(C#N)cc(C#N)c3)s2)N=C1N.CN1C(=O)[C@@H]2CN(C(=O)c3ccc(C#N)nc3)C[C@]2(c2ccc(-c3cc(C#N)cc(C#N)c3)s2)N=C1N.COc1cccc(C(=O)N2CC3C(=O)N(C)C(N)=NC3(c3cccs3)C2)c1. The first-order chi connectivity index (χ1) is 60.6. The molecule has 0 bridgehead atoms. The lowest BCUT2D eigenvalue weighted by atomic mass is 9.84. The summed E-state index contributed by atoms with van der Waals surface area (Å²) in [5, 5.41) is 50.4. The zero-order valence-corrected chi connectivity index (χ0v) is 72.6. The molecule has 1 saturated carbocycles. The monoisotopic (exact) mass is 1760 g/mol. The van der Waals surface area contributed by atoms with Crippen LogP contribution in [0.1, 0.15) is 112 Å². The first kappa shape index (κ1) is 86.7. The molecule has 0 radical (unpaired) electrons. The highest BCUT2D eigenvalue weighted by molar-refractivity contribution is 7.16. The number of nitriles is 5. The van der Waals surface area contributed by atoms with Crippen LogP contribution in [0.15, 0.2) is 189 Å². The molecule has 0 spiro atoms. The average Bonchev–Trinajstić information content (AvgIpc) is 1.58. The first-order valence-corrected chi connectivity index (χ1v) is 43.9. The minimum atomic E-state index is -1.09. The molecule has 9 aromatic rings. The largest absolute Gasteiger partial charge is 0.497 e. The fourth-order valence-corrected chi connectivity index (χ4v) is 22.2. The van der Waals surface area contributed by atoms with Crippen molar-refractivity contribution in [1.82, 2.24) is 44.2 Å². The number of thiophene rings is 4. The minimum Gasteiger partial charge on any atom is -0.497 e. The summed E-state index contributed by atoms with van der Waals surface area (Å²) in [6.45, 7) is 2.28. The van der Waals surface area contributed by atoms with E-state index in [9.17, 15) is 59.4 Å². The van der Waals surface area contributed by atoms with Gasteiger partial charge in [-0.15, -0.1) is 45.3 Å². The molecule has 4 saturated heterocycles. The van der Waals surface area contributed by atoms with Crippen LogP contribution in [0, 0.1) is 86.2 Å². The topological polar surface area (TPSA) is 457 Å². The van der Waals surface area contributed by atoms with E-state index in [4.69, 9.17) is 52.9 Å². The highest BCUT2D eigenvalue weighted by Gasteiger charge is 2.61. The average molecular weight is 1760 g/mol. The van der Waals surface area contributed by atoms with E-state index >= 15 is 0 Å². The molecule has 5 aromatic heterocycles. The number of amides is 8. The van der Waals surface area contributed by atoms with Gasteiger partial charge in [0.25, 0.3) is 11.8 Å².